The monoisotopic (exact) mass is 196 g/mol. The molecule has 0 unspecified atom stereocenters. The summed E-state index contributed by atoms with van der Waals surface area (Å²) in [6, 6.07) is 0. The predicted octanol–water partition coefficient (Wildman–Crippen LogP) is 1.26. The average molecular weight is 194 g/mol. The number of allylic oxidation sites excluding steroid dienone is 4. The Kier molecular flexibility index (Phi) is 6.57. The summed E-state index contributed by atoms with van der Waals surface area (Å²) in [5.74, 6) is 0. The van der Waals surface area contributed by atoms with Crippen molar-refractivity contribution in [3.8, 4) is 0 Å². The molecule has 0 aliphatic heterocycles. The van der Waals surface area contributed by atoms with Gasteiger partial charge in [-0.3, -0.25) is 0 Å². The van der Waals surface area contributed by atoms with E-state index in [9.17, 15) is 0 Å². The molecule has 44 valence electrons. The average Bonchev–Trinajstić information content (AvgIpc) is 2.17. The molecule has 0 aromatic carbocycles. The van der Waals surface area contributed by atoms with Gasteiger partial charge in [0.1, 0.15) is 0 Å². The van der Waals surface area contributed by atoms with Crippen molar-refractivity contribution >= 4 is 0 Å². The van der Waals surface area contributed by atoms with Gasteiger partial charge in [-0.15, -0.1) is 0 Å². The van der Waals surface area contributed by atoms with Gasteiger partial charge in [0.25, 0.3) is 0 Å². The second-order valence-electron chi connectivity index (χ2n) is 1.16. The van der Waals surface area contributed by atoms with E-state index >= 15 is 0 Å². The molecule has 0 aromatic heterocycles. The van der Waals surface area contributed by atoms with E-state index in [1.54, 1.807) is 0 Å². The van der Waals surface area contributed by atoms with Gasteiger partial charge in [0.2, 0.25) is 0 Å². The molecule has 0 spiro atoms. The Bertz CT molecular complexity index is 121. The molecular formula is C5H6MoO2. The van der Waals surface area contributed by atoms with Gasteiger partial charge in [0.15, 0.2) is 0 Å². The van der Waals surface area contributed by atoms with Gasteiger partial charge in [-0.25, -0.2) is 0 Å². The quantitative estimate of drug-likeness (QED) is 0.544. The molecule has 1 aliphatic carbocycles. The Morgan fingerprint density at radius 1 is 1.12 bits per heavy atom. The van der Waals surface area contributed by atoms with E-state index in [1.807, 2.05) is 0 Å². The number of hydrogen-bond donors (Lipinski definition) is 0. The molecule has 2 nitrogen and oxygen atoms in total. The van der Waals surface area contributed by atoms with Crippen LogP contribution in [-0.4, -0.2) is 0 Å². The van der Waals surface area contributed by atoms with Crippen molar-refractivity contribution in [1.82, 2.24) is 0 Å². The molecule has 1 rings (SSSR count). The fourth-order valence-electron chi connectivity index (χ4n) is 0.393. The van der Waals surface area contributed by atoms with Gasteiger partial charge in [0, 0.05) is 0 Å². The van der Waals surface area contributed by atoms with Crippen LogP contribution in [0.3, 0.4) is 0 Å². The summed E-state index contributed by atoms with van der Waals surface area (Å²) in [7, 11) is 0. The third-order valence-electron chi connectivity index (χ3n) is 0.655. The Balaban J connectivity index is 0.000000145. The Morgan fingerprint density at radius 3 is 1.62 bits per heavy atom. The summed E-state index contributed by atoms with van der Waals surface area (Å²) < 4.78 is 17.0. The summed E-state index contributed by atoms with van der Waals surface area (Å²) in [6.07, 6.45) is 9.50. The van der Waals surface area contributed by atoms with Crippen molar-refractivity contribution in [2.24, 2.45) is 0 Å². The van der Waals surface area contributed by atoms with Crippen LogP contribution in [-0.2, 0) is 25.3 Å². The summed E-state index contributed by atoms with van der Waals surface area (Å²) in [4.78, 5) is 0. The van der Waals surface area contributed by atoms with Crippen LogP contribution in [0.4, 0.5) is 0 Å². The molecule has 0 fully saturated rings. The maximum absolute atomic E-state index is 8.50. The second-order valence-corrected chi connectivity index (χ2v) is 1.49. The van der Waals surface area contributed by atoms with Crippen LogP contribution in [0.2, 0.25) is 0 Å². The zero-order valence-electron chi connectivity index (χ0n) is 4.24. The van der Waals surface area contributed by atoms with Crippen LogP contribution in [0.1, 0.15) is 6.42 Å². The molecule has 0 saturated carbocycles. The van der Waals surface area contributed by atoms with Crippen molar-refractivity contribution in [2.45, 2.75) is 6.42 Å². The third-order valence-corrected chi connectivity index (χ3v) is 0.655. The van der Waals surface area contributed by atoms with Crippen LogP contribution in [0.25, 0.3) is 0 Å². The van der Waals surface area contributed by atoms with Crippen LogP contribution >= 0.6 is 0 Å². The summed E-state index contributed by atoms with van der Waals surface area (Å²) in [6.45, 7) is 0. The first-order valence-electron chi connectivity index (χ1n) is 2.15. The van der Waals surface area contributed by atoms with Gasteiger partial charge >= 0.3 is 25.3 Å². The molecule has 0 amide bonds. The van der Waals surface area contributed by atoms with Crippen LogP contribution < -0.4 is 0 Å². The van der Waals surface area contributed by atoms with Crippen LogP contribution in [0, 0.1) is 0 Å². The maximum atomic E-state index is 8.50. The second kappa shape index (κ2) is 6.77. The molecular weight excluding hydrogens is 188 g/mol. The van der Waals surface area contributed by atoms with E-state index in [0.717, 1.165) is 6.42 Å². The van der Waals surface area contributed by atoms with Crippen molar-refractivity contribution in [1.29, 1.82) is 0 Å². The van der Waals surface area contributed by atoms with E-state index in [0.29, 0.717) is 0 Å². The van der Waals surface area contributed by atoms with Crippen molar-refractivity contribution < 1.29 is 25.3 Å². The minimum absolute atomic E-state index is 1.14. The van der Waals surface area contributed by atoms with Crippen LogP contribution in [0.5, 0.6) is 0 Å². The van der Waals surface area contributed by atoms with E-state index in [1.165, 1.54) is 0 Å². The zero-order valence-corrected chi connectivity index (χ0v) is 6.25. The SMILES string of the molecule is C1=CCC=C1.[O]=[Mo]=[O]. The molecule has 1 aliphatic rings. The molecule has 0 aromatic rings. The first-order chi connectivity index (χ1) is 3.91. The summed E-state index contributed by atoms with van der Waals surface area (Å²) in [5, 5.41) is 0. The Hall–Kier alpha value is -0.232. The van der Waals surface area contributed by atoms with Crippen molar-refractivity contribution in [3.63, 3.8) is 0 Å². The van der Waals surface area contributed by atoms with Crippen LogP contribution in [0.15, 0.2) is 24.3 Å². The van der Waals surface area contributed by atoms with E-state index in [-0.39, 0.29) is 0 Å². The van der Waals surface area contributed by atoms with E-state index in [2.05, 4.69) is 24.3 Å². The van der Waals surface area contributed by atoms with Gasteiger partial charge in [-0.1, -0.05) is 24.3 Å². The third kappa shape index (κ3) is 5.77. The van der Waals surface area contributed by atoms with Crippen molar-refractivity contribution in [2.75, 3.05) is 0 Å². The zero-order chi connectivity index (χ0) is 6.24. The molecule has 0 atom stereocenters. The topological polar surface area (TPSA) is 34.1 Å². The van der Waals surface area contributed by atoms with E-state index in [4.69, 9.17) is 6.80 Å². The fraction of sp³-hybridized carbons (Fsp3) is 0.200. The van der Waals surface area contributed by atoms with Gasteiger partial charge < -0.3 is 0 Å². The molecule has 0 heterocycles. The fourth-order valence-corrected chi connectivity index (χ4v) is 0.393. The Labute approximate surface area is 56.4 Å². The normalized spacial score (nSPS) is 12.5. The summed E-state index contributed by atoms with van der Waals surface area (Å²) >= 11 is -2.03. The first kappa shape index (κ1) is 7.77. The number of hydrogen-bond acceptors (Lipinski definition) is 2. The molecule has 0 saturated heterocycles. The molecule has 0 radical (unpaired) electrons. The van der Waals surface area contributed by atoms with Gasteiger partial charge in [-0.2, -0.15) is 0 Å². The standard InChI is InChI=1S/C5H6.Mo.2O/c1-2-4-5-3-1;;;/h1-4H,5H2;;;. The van der Waals surface area contributed by atoms with Gasteiger partial charge in [0.05, 0.1) is 0 Å². The van der Waals surface area contributed by atoms with E-state index < -0.39 is 18.5 Å². The molecule has 0 N–H and O–H groups in total. The molecule has 3 heteroatoms. The summed E-state index contributed by atoms with van der Waals surface area (Å²) in [5.41, 5.74) is 0. The molecule has 0 bridgehead atoms. The predicted molar refractivity (Wildman–Crippen MR) is 24.3 cm³/mol. The Morgan fingerprint density at radius 2 is 1.50 bits per heavy atom. The van der Waals surface area contributed by atoms with Gasteiger partial charge in [-0.05, 0) is 6.42 Å². The molecule has 8 heavy (non-hydrogen) atoms. The number of rotatable bonds is 0. The first-order valence-corrected chi connectivity index (χ1v) is 3.79. The van der Waals surface area contributed by atoms with Crippen molar-refractivity contribution in [3.05, 3.63) is 24.3 Å². The minimum atomic E-state index is -2.03.